The highest BCUT2D eigenvalue weighted by Crippen LogP contribution is 2.29. The molecule has 0 radical (unpaired) electrons. The van der Waals surface area contributed by atoms with Crippen molar-refractivity contribution in [1.82, 2.24) is 9.62 Å². The molecule has 0 aliphatic rings. The first-order valence-electron chi connectivity index (χ1n) is 10.1. The van der Waals surface area contributed by atoms with Gasteiger partial charge in [0.1, 0.15) is 5.75 Å². The van der Waals surface area contributed by atoms with Gasteiger partial charge in [0, 0.05) is 11.0 Å². The summed E-state index contributed by atoms with van der Waals surface area (Å²) in [6.07, 6.45) is 0. The van der Waals surface area contributed by atoms with Gasteiger partial charge in [-0.1, -0.05) is 70.0 Å². The topological polar surface area (TPSA) is 75.7 Å². The summed E-state index contributed by atoms with van der Waals surface area (Å²) in [6, 6.07) is 20.6. The molecule has 1 N–H and O–H groups in total. The quantitative estimate of drug-likeness (QED) is 0.398. The van der Waals surface area contributed by atoms with Gasteiger partial charge in [0.25, 0.3) is 0 Å². The zero-order valence-corrected chi connectivity index (χ0v) is 21.3. The highest BCUT2D eigenvalue weighted by molar-refractivity contribution is 9.10. The second-order valence-corrected chi connectivity index (χ2v) is 10.7. The Labute approximate surface area is 207 Å². The minimum absolute atomic E-state index is 0.0166. The van der Waals surface area contributed by atoms with Gasteiger partial charge in [-0.05, 0) is 48.4 Å². The molecule has 0 aromatic heterocycles. The molecule has 0 heterocycles. The van der Waals surface area contributed by atoms with E-state index < -0.39 is 15.9 Å². The van der Waals surface area contributed by atoms with Gasteiger partial charge in [0.2, 0.25) is 15.9 Å². The molecule has 1 atom stereocenters. The monoisotopic (exact) mass is 550 g/mol. The van der Waals surface area contributed by atoms with Crippen LogP contribution in [0.15, 0.2) is 82.2 Å². The van der Waals surface area contributed by atoms with Crippen LogP contribution in [-0.2, 0) is 21.4 Å². The molecule has 0 spiro atoms. The van der Waals surface area contributed by atoms with Gasteiger partial charge >= 0.3 is 0 Å². The lowest BCUT2D eigenvalue weighted by Crippen LogP contribution is -2.41. The Bertz CT molecular complexity index is 1220. The van der Waals surface area contributed by atoms with Crippen molar-refractivity contribution in [2.45, 2.75) is 24.4 Å². The number of carbonyl (C=O) groups is 1. The zero-order chi connectivity index (χ0) is 24.0. The molecule has 0 bridgehead atoms. The highest BCUT2D eigenvalue weighted by atomic mass is 79.9. The Morgan fingerprint density at radius 2 is 1.82 bits per heavy atom. The number of halogens is 2. The summed E-state index contributed by atoms with van der Waals surface area (Å²) >= 11 is 9.59. The fraction of sp³-hybridized carbons (Fsp3) is 0.208. The summed E-state index contributed by atoms with van der Waals surface area (Å²) in [7, 11) is -2.57. The second-order valence-electron chi connectivity index (χ2n) is 7.40. The number of rotatable bonds is 9. The minimum atomic E-state index is -4.02. The maximum Gasteiger partial charge on any atom is 0.243 e. The Morgan fingerprint density at radius 1 is 1.09 bits per heavy atom. The van der Waals surface area contributed by atoms with Crippen LogP contribution in [0.1, 0.15) is 24.1 Å². The number of hydrogen-bond acceptors (Lipinski definition) is 4. The van der Waals surface area contributed by atoms with Crippen molar-refractivity contribution in [1.29, 1.82) is 0 Å². The molecule has 174 valence electrons. The molecule has 0 saturated carbocycles. The minimum Gasteiger partial charge on any atom is -0.495 e. The van der Waals surface area contributed by atoms with E-state index in [4.69, 9.17) is 16.3 Å². The van der Waals surface area contributed by atoms with Crippen molar-refractivity contribution in [3.05, 3.63) is 93.4 Å². The molecule has 6 nitrogen and oxygen atoms in total. The average molecular weight is 552 g/mol. The number of carbonyl (C=O) groups excluding carboxylic acids is 1. The third-order valence-electron chi connectivity index (χ3n) is 5.01. The van der Waals surface area contributed by atoms with E-state index in [0.717, 1.165) is 19.9 Å². The third kappa shape index (κ3) is 6.57. The molecule has 0 aliphatic carbocycles. The molecule has 3 aromatic rings. The van der Waals surface area contributed by atoms with Crippen molar-refractivity contribution in [3.63, 3.8) is 0 Å². The number of hydrogen-bond donors (Lipinski definition) is 1. The van der Waals surface area contributed by atoms with E-state index in [1.165, 1.54) is 25.3 Å². The van der Waals surface area contributed by atoms with Gasteiger partial charge in [-0.25, -0.2) is 8.42 Å². The molecular weight excluding hydrogens is 528 g/mol. The Balaban J connectivity index is 1.86. The standard InChI is InChI=1S/C24H24BrClN2O4S/c1-17(19-9-6-10-20(25)13-19)27-24(29)16-28(15-18-7-4-3-5-8-18)33(30,31)21-11-12-23(32-2)22(26)14-21/h3-14,17H,15-16H2,1-2H3,(H,27,29)/t17-/m1/s1. The van der Waals surface area contributed by atoms with Crippen LogP contribution >= 0.6 is 27.5 Å². The van der Waals surface area contributed by atoms with Crippen LogP contribution in [-0.4, -0.2) is 32.3 Å². The first-order chi connectivity index (χ1) is 15.7. The lowest BCUT2D eigenvalue weighted by atomic mass is 10.1. The summed E-state index contributed by atoms with van der Waals surface area (Å²) in [5.74, 6) is -0.0487. The number of ether oxygens (including phenoxy) is 1. The van der Waals surface area contributed by atoms with Gasteiger partial charge in [-0.3, -0.25) is 4.79 Å². The highest BCUT2D eigenvalue weighted by Gasteiger charge is 2.28. The molecule has 0 saturated heterocycles. The number of sulfonamides is 1. The average Bonchev–Trinajstić information content (AvgIpc) is 2.79. The summed E-state index contributed by atoms with van der Waals surface area (Å²) in [5, 5.41) is 3.05. The molecule has 3 rings (SSSR count). The molecule has 0 aliphatic heterocycles. The van der Waals surface area contributed by atoms with Crippen LogP contribution in [0.5, 0.6) is 5.75 Å². The zero-order valence-electron chi connectivity index (χ0n) is 18.2. The summed E-state index contributed by atoms with van der Waals surface area (Å²) in [5.41, 5.74) is 1.66. The smallest absolute Gasteiger partial charge is 0.243 e. The molecule has 3 aromatic carbocycles. The van der Waals surface area contributed by atoms with E-state index in [-0.39, 0.29) is 29.0 Å². The Kier molecular flexibility index (Phi) is 8.53. The van der Waals surface area contributed by atoms with E-state index in [0.29, 0.717) is 5.75 Å². The lowest BCUT2D eigenvalue weighted by molar-refractivity contribution is -0.122. The molecular formula is C24H24BrClN2O4S. The number of nitrogens with zero attached hydrogens (tertiary/aromatic N) is 1. The first kappa shape index (κ1) is 25.2. The molecule has 0 unspecified atom stereocenters. The fourth-order valence-electron chi connectivity index (χ4n) is 3.28. The molecule has 1 amide bonds. The Hall–Kier alpha value is -2.39. The SMILES string of the molecule is COc1ccc(S(=O)(=O)N(CC(=O)N[C@H](C)c2cccc(Br)c2)Cc2ccccc2)cc1Cl. The van der Waals surface area contributed by atoms with Crippen molar-refractivity contribution in [2.75, 3.05) is 13.7 Å². The van der Waals surface area contributed by atoms with Crippen molar-refractivity contribution >= 4 is 43.5 Å². The lowest BCUT2D eigenvalue weighted by Gasteiger charge is -2.23. The van der Waals surface area contributed by atoms with Crippen molar-refractivity contribution in [2.24, 2.45) is 0 Å². The molecule has 0 fully saturated rings. The van der Waals surface area contributed by atoms with Crippen LogP contribution in [0.3, 0.4) is 0 Å². The third-order valence-corrected chi connectivity index (χ3v) is 7.59. The normalized spacial score (nSPS) is 12.4. The number of benzene rings is 3. The van der Waals surface area contributed by atoms with Crippen molar-refractivity contribution < 1.29 is 17.9 Å². The van der Waals surface area contributed by atoms with Gasteiger partial charge in [-0.15, -0.1) is 0 Å². The second kappa shape index (κ2) is 11.2. The number of nitrogens with one attached hydrogen (secondary N) is 1. The van der Waals surface area contributed by atoms with Gasteiger partial charge in [-0.2, -0.15) is 4.31 Å². The number of methoxy groups -OCH3 is 1. The van der Waals surface area contributed by atoms with E-state index in [1.54, 1.807) is 0 Å². The largest absolute Gasteiger partial charge is 0.495 e. The maximum absolute atomic E-state index is 13.5. The molecule has 33 heavy (non-hydrogen) atoms. The van der Waals surface area contributed by atoms with Crippen LogP contribution in [0.25, 0.3) is 0 Å². The van der Waals surface area contributed by atoms with E-state index >= 15 is 0 Å². The first-order valence-corrected chi connectivity index (χ1v) is 12.7. The van der Waals surface area contributed by atoms with E-state index in [2.05, 4.69) is 21.2 Å². The van der Waals surface area contributed by atoms with Gasteiger partial charge < -0.3 is 10.1 Å². The summed E-state index contributed by atoms with van der Waals surface area (Å²) in [6.45, 7) is 1.53. The molecule has 9 heteroatoms. The predicted molar refractivity (Wildman–Crippen MR) is 133 cm³/mol. The Morgan fingerprint density at radius 3 is 2.45 bits per heavy atom. The van der Waals surface area contributed by atoms with Gasteiger partial charge in [0.05, 0.1) is 29.6 Å². The maximum atomic E-state index is 13.5. The summed E-state index contributed by atoms with van der Waals surface area (Å²) < 4.78 is 34.1. The number of amides is 1. The van der Waals surface area contributed by atoms with Crippen LogP contribution in [0, 0.1) is 0 Å². The van der Waals surface area contributed by atoms with Crippen LogP contribution < -0.4 is 10.1 Å². The van der Waals surface area contributed by atoms with E-state index in [9.17, 15) is 13.2 Å². The summed E-state index contributed by atoms with van der Waals surface area (Å²) in [4.78, 5) is 12.9. The van der Waals surface area contributed by atoms with E-state index in [1.807, 2.05) is 61.5 Å². The van der Waals surface area contributed by atoms with Crippen molar-refractivity contribution in [3.8, 4) is 5.75 Å². The van der Waals surface area contributed by atoms with Gasteiger partial charge in [0.15, 0.2) is 0 Å². The van der Waals surface area contributed by atoms with Crippen LogP contribution in [0.2, 0.25) is 5.02 Å². The van der Waals surface area contributed by atoms with Crippen LogP contribution in [0.4, 0.5) is 0 Å². The predicted octanol–water partition coefficient (Wildman–Crippen LogP) is 5.18. The fourth-order valence-corrected chi connectivity index (χ4v) is 5.43.